The van der Waals surface area contributed by atoms with Gasteiger partial charge in [-0.15, -0.1) is 10.2 Å². The van der Waals surface area contributed by atoms with Gasteiger partial charge in [-0.2, -0.15) is 5.26 Å². The van der Waals surface area contributed by atoms with E-state index in [0.29, 0.717) is 16.9 Å². The lowest BCUT2D eigenvalue weighted by Gasteiger charge is -2.08. The van der Waals surface area contributed by atoms with E-state index in [2.05, 4.69) is 24.0 Å². The fourth-order valence-corrected chi connectivity index (χ4v) is 2.23. The van der Waals surface area contributed by atoms with E-state index in [0.717, 1.165) is 5.75 Å². The van der Waals surface area contributed by atoms with Crippen molar-refractivity contribution in [1.82, 2.24) is 14.9 Å². The summed E-state index contributed by atoms with van der Waals surface area (Å²) in [4.78, 5) is 0. The molecule has 1 aromatic heterocycles. The van der Waals surface area contributed by atoms with Crippen molar-refractivity contribution in [3.63, 3.8) is 0 Å². The molecule has 0 amide bonds. The first-order valence-corrected chi connectivity index (χ1v) is 7.52. The van der Waals surface area contributed by atoms with E-state index in [1.54, 1.807) is 0 Å². The molecule has 1 aromatic carbocycles. The Bertz CT molecular complexity index is 630. The van der Waals surface area contributed by atoms with Crippen LogP contribution in [-0.4, -0.2) is 20.6 Å². The van der Waals surface area contributed by atoms with Crippen molar-refractivity contribution >= 4 is 11.8 Å². The zero-order chi connectivity index (χ0) is 15.2. The molecule has 110 valence electrons. The SMILES string of the molecule is CC(C)c1ccc(OCc2nnc(SCC#N)n2N)cc1. The van der Waals surface area contributed by atoms with Gasteiger partial charge in [0.25, 0.3) is 0 Å². The van der Waals surface area contributed by atoms with Crippen LogP contribution in [0.25, 0.3) is 0 Å². The minimum Gasteiger partial charge on any atom is -0.486 e. The van der Waals surface area contributed by atoms with E-state index in [1.165, 1.54) is 22.0 Å². The van der Waals surface area contributed by atoms with Crippen LogP contribution in [-0.2, 0) is 6.61 Å². The lowest BCUT2D eigenvalue weighted by Crippen LogP contribution is -2.15. The molecule has 0 aliphatic heterocycles. The van der Waals surface area contributed by atoms with E-state index in [1.807, 2.05) is 30.3 Å². The number of thioether (sulfide) groups is 1. The summed E-state index contributed by atoms with van der Waals surface area (Å²) in [6.45, 7) is 4.53. The zero-order valence-electron chi connectivity index (χ0n) is 12.0. The number of hydrogen-bond donors (Lipinski definition) is 1. The van der Waals surface area contributed by atoms with Gasteiger partial charge >= 0.3 is 0 Å². The number of nitriles is 1. The Morgan fingerprint density at radius 1 is 1.33 bits per heavy atom. The summed E-state index contributed by atoms with van der Waals surface area (Å²) >= 11 is 1.24. The normalized spacial score (nSPS) is 10.6. The average Bonchev–Trinajstić information content (AvgIpc) is 2.84. The van der Waals surface area contributed by atoms with Gasteiger partial charge in [0.15, 0.2) is 5.82 Å². The molecule has 0 unspecified atom stereocenters. The Balaban J connectivity index is 1.97. The Morgan fingerprint density at radius 2 is 2.05 bits per heavy atom. The van der Waals surface area contributed by atoms with Gasteiger partial charge in [0.2, 0.25) is 5.16 Å². The molecule has 0 aliphatic rings. The Hall–Kier alpha value is -2.20. The molecule has 21 heavy (non-hydrogen) atoms. The molecule has 2 N–H and O–H groups in total. The van der Waals surface area contributed by atoms with Crippen molar-refractivity contribution in [2.45, 2.75) is 31.5 Å². The summed E-state index contributed by atoms with van der Waals surface area (Å²) in [5, 5.41) is 16.9. The van der Waals surface area contributed by atoms with Crippen LogP contribution < -0.4 is 10.6 Å². The van der Waals surface area contributed by atoms with Gasteiger partial charge < -0.3 is 10.6 Å². The highest BCUT2D eigenvalue weighted by molar-refractivity contribution is 7.99. The second-order valence-electron chi connectivity index (χ2n) is 4.73. The molecule has 0 bridgehead atoms. The molecule has 0 saturated carbocycles. The third-order valence-corrected chi connectivity index (χ3v) is 3.73. The van der Waals surface area contributed by atoms with Crippen LogP contribution in [0, 0.1) is 11.3 Å². The van der Waals surface area contributed by atoms with E-state index in [9.17, 15) is 0 Å². The topological polar surface area (TPSA) is 89.8 Å². The minimum atomic E-state index is 0.234. The number of nitrogens with two attached hydrogens (primary N) is 1. The first kappa shape index (κ1) is 15.2. The van der Waals surface area contributed by atoms with Crippen LogP contribution >= 0.6 is 11.8 Å². The maximum absolute atomic E-state index is 8.54. The molecule has 0 spiro atoms. The summed E-state index contributed by atoms with van der Waals surface area (Å²) in [6.07, 6.45) is 0. The highest BCUT2D eigenvalue weighted by Crippen LogP contribution is 2.20. The van der Waals surface area contributed by atoms with E-state index < -0.39 is 0 Å². The number of nitrogen functional groups attached to an aromatic ring is 1. The molecule has 0 fully saturated rings. The predicted octanol–water partition coefficient (Wildman–Crippen LogP) is 2.31. The van der Waals surface area contributed by atoms with Crippen molar-refractivity contribution in [3.05, 3.63) is 35.7 Å². The summed E-state index contributed by atoms with van der Waals surface area (Å²) in [5.74, 6) is 7.90. The molecule has 7 heteroatoms. The summed E-state index contributed by atoms with van der Waals surface area (Å²) in [7, 11) is 0. The highest BCUT2D eigenvalue weighted by Gasteiger charge is 2.10. The zero-order valence-corrected chi connectivity index (χ0v) is 12.8. The van der Waals surface area contributed by atoms with Gasteiger partial charge in [0.05, 0.1) is 11.8 Å². The van der Waals surface area contributed by atoms with Crippen LogP contribution in [0.2, 0.25) is 0 Å². The van der Waals surface area contributed by atoms with Crippen molar-refractivity contribution in [2.75, 3.05) is 11.6 Å². The van der Waals surface area contributed by atoms with E-state index in [-0.39, 0.29) is 12.4 Å². The average molecular weight is 303 g/mol. The number of ether oxygens (including phenoxy) is 1. The van der Waals surface area contributed by atoms with Crippen LogP contribution in [0.5, 0.6) is 5.75 Å². The maximum Gasteiger partial charge on any atom is 0.210 e. The lowest BCUT2D eigenvalue weighted by atomic mass is 10.0. The molecule has 2 rings (SSSR count). The first-order valence-electron chi connectivity index (χ1n) is 6.53. The molecule has 0 radical (unpaired) electrons. The van der Waals surface area contributed by atoms with Crippen molar-refractivity contribution in [1.29, 1.82) is 5.26 Å². The molecule has 0 aliphatic carbocycles. The summed E-state index contributed by atoms with van der Waals surface area (Å²) in [6, 6.07) is 9.96. The number of benzene rings is 1. The number of nitrogens with zero attached hydrogens (tertiary/aromatic N) is 4. The van der Waals surface area contributed by atoms with Gasteiger partial charge in [-0.3, -0.25) is 0 Å². The molecule has 1 heterocycles. The fraction of sp³-hybridized carbons (Fsp3) is 0.357. The van der Waals surface area contributed by atoms with Gasteiger partial charge in [-0.1, -0.05) is 37.7 Å². The third-order valence-electron chi connectivity index (χ3n) is 2.92. The first-order chi connectivity index (χ1) is 10.1. The minimum absolute atomic E-state index is 0.234. The van der Waals surface area contributed by atoms with Crippen LogP contribution in [0.4, 0.5) is 0 Å². The number of rotatable bonds is 6. The van der Waals surface area contributed by atoms with Gasteiger partial charge in [0, 0.05) is 0 Å². The van der Waals surface area contributed by atoms with Gasteiger partial charge in [-0.25, -0.2) is 4.68 Å². The maximum atomic E-state index is 8.54. The number of hydrogen-bond acceptors (Lipinski definition) is 6. The quantitative estimate of drug-likeness (QED) is 0.650. The molecular formula is C14H17N5OS. The lowest BCUT2D eigenvalue weighted by molar-refractivity contribution is 0.291. The number of aromatic nitrogens is 3. The Kier molecular flexibility index (Phi) is 5.06. The second-order valence-corrected chi connectivity index (χ2v) is 5.67. The highest BCUT2D eigenvalue weighted by atomic mass is 32.2. The van der Waals surface area contributed by atoms with E-state index >= 15 is 0 Å². The van der Waals surface area contributed by atoms with Gasteiger partial charge in [0.1, 0.15) is 12.4 Å². The molecule has 0 atom stereocenters. The fourth-order valence-electron chi connectivity index (χ4n) is 1.70. The Morgan fingerprint density at radius 3 is 2.67 bits per heavy atom. The molecular weight excluding hydrogens is 286 g/mol. The smallest absolute Gasteiger partial charge is 0.210 e. The molecule has 2 aromatic rings. The monoisotopic (exact) mass is 303 g/mol. The predicted molar refractivity (Wildman–Crippen MR) is 81.4 cm³/mol. The van der Waals surface area contributed by atoms with Crippen LogP contribution in [0.1, 0.15) is 31.2 Å². The van der Waals surface area contributed by atoms with E-state index in [4.69, 9.17) is 15.8 Å². The molecule has 0 saturated heterocycles. The van der Waals surface area contributed by atoms with Crippen molar-refractivity contribution in [3.8, 4) is 11.8 Å². The van der Waals surface area contributed by atoms with Crippen molar-refractivity contribution in [2.24, 2.45) is 0 Å². The van der Waals surface area contributed by atoms with Crippen LogP contribution in [0.15, 0.2) is 29.4 Å². The second kappa shape index (κ2) is 6.99. The standard InChI is InChI=1S/C14H17N5OS/c1-10(2)11-3-5-12(6-4-11)20-9-13-17-18-14(19(13)16)21-8-7-15/h3-6,10H,8-9,16H2,1-2H3. The largest absolute Gasteiger partial charge is 0.486 e. The third kappa shape index (κ3) is 3.89. The Labute approximate surface area is 127 Å². The molecule has 6 nitrogen and oxygen atoms in total. The van der Waals surface area contributed by atoms with Crippen molar-refractivity contribution < 1.29 is 4.74 Å². The summed E-state index contributed by atoms with van der Waals surface area (Å²) < 4.78 is 7.00. The van der Waals surface area contributed by atoms with Gasteiger partial charge in [-0.05, 0) is 23.6 Å². The summed E-state index contributed by atoms with van der Waals surface area (Å²) in [5.41, 5.74) is 1.26. The van der Waals surface area contributed by atoms with Crippen LogP contribution in [0.3, 0.4) is 0 Å².